The summed E-state index contributed by atoms with van der Waals surface area (Å²) in [6.07, 6.45) is 1.10. The molecular formula is C14H21NO. The Balaban J connectivity index is 2.33. The smallest absolute Gasteiger partial charge is 0.123 e. The van der Waals surface area contributed by atoms with E-state index in [0.29, 0.717) is 11.8 Å². The van der Waals surface area contributed by atoms with Crippen molar-refractivity contribution >= 4 is 0 Å². The molecule has 1 aromatic carbocycles. The van der Waals surface area contributed by atoms with E-state index in [1.54, 1.807) is 0 Å². The molecule has 2 heteroatoms. The molecule has 2 nitrogen and oxygen atoms in total. The Labute approximate surface area is 97.8 Å². The van der Waals surface area contributed by atoms with E-state index in [-0.39, 0.29) is 12.1 Å². The molecule has 0 bridgehead atoms. The summed E-state index contributed by atoms with van der Waals surface area (Å²) in [5.74, 6) is 2.02. The van der Waals surface area contributed by atoms with E-state index in [2.05, 4.69) is 32.9 Å². The lowest BCUT2D eigenvalue weighted by molar-refractivity contribution is 0.152. The maximum absolute atomic E-state index is 6.16. The van der Waals surface area contributed by atoms with E-state index in [4.69, 9.17) is 10.5 Å². The third-order valence-corrected chi connectivity index (χ3v) is 3.51. The molecule has 0 saturated heterocycles. The van der Waals surface area contributed by atoms with Crippen LogP contribution in [0.4, 0.5) is 0 Å². The lowest BCUT2D eigenvalue weighted by Crippen LogP contribution is -2.41. The van der Waals surface area contributed by atoms with Gasteiger partial charge in [0.25, 0.3) is 0 Å². The summed E-state index contributed by atoms with van der Waals surface area (Å²) < 4.78 is 6.01. The van der Waals surface area contributed by atoms with Crippen molar-refractivity contribution in [1.82, 2.24) is 0 Å². The largest absolute Gasteiger partial charge is 0.488 e. The van der Waals surface area contributed by atoms with Crippen LogP contribution in [-0.2, 0) is 0 Å². The molecule has 0 radical (unpaired) electrons. The molecule has 2 N–H and O–H groups in total. The number of para-hydroxylation sites is 1. The summed E-state index contributed by atoms with van der Waals surface area (Å²) in [4.78, 5) is 0. The van der Waals surface area contributed by atoms with Crippen LogP contribution in [-0.4, -0.2) is 12.1 Å². The van der Waals surface area contributed by atoms with Gasteiger partial charge in [-0.05, 0) is 18.4 Å². The number of benzene rings is 1. The van der Waals surface area contributed by atoms with Crippen molar-refractivity contribution in [2.24, 2.45) is 11.7 Å². The first-order valence-corrected chi connectivity index (χ1v) is 6.16. The van der Waals surface area contributed by atoms with Crippen LogP contribution in [0.25, 0.3) is 0 Å². The summed E-state index contributed by atoms with van der Waals surface area (Å²) in [6.45, 7) is 6.60. The van der Waals surface area contributed by atoms with Crippen LogP contribution >= 0.6 is 0 Å². The van der Waals surface area contributed by atoms with Crippen molar-refractivity contribution in [2.45, 2.75) is 45.3 Å². The first kappa shape index (κ1) is 11.5. The van der Waals surface area contributed by atoms with Gasteiger partial charge in [-0.3, -0.25) is 0 Å². The molecule has 0 aromatic heterocycles. The number of hydrogen-bond donors (Lipinski definition) is 1. The maximum atomic E-state index is 6.16. The molecule has 88 valence electrons. The van der Waals surface area contributed by atoms with Gasteiger partial charge in [-0.25, -0.2) is 0 Å². The summed E-state index contributed by atoms with van der Waals surface area (Å²) >= 11 is 0. The van der Waals surface area contributed by atoms with E-state index >= 15 is 0 Å². The molecular weight excluding hydrogens is 198 g/mol. The van der Waals surface area contributed by atoms with Crippen LogP contribution in [0, 0.1) is 5.92 Å². The van der Waals surface area contributed by atoms with E-state index < -0.39 is 0 Å². The van der Waals surface area contributed by atoms with Crippen molar-refractivity contribution in [2.75, 3.05) is 0 Å². The topological polar surface area (TPSA) is 35.2 Å². The Kier molecular flexibility index (Phi) is 3.20. The Morgan fingerprint density at radius 1 is 1.31 bits per heavy atom. The van der Waals surface area contributed by atoms with Gasteiger partial charge in [-0.1, -0.05) is 39.0 Å². The molecule has 0 fully saturated rings. The average Bonchev–Trinajstić information content (AvgIpc) is 2.67. The van der Waals surface area contributed by atoms with E-state index in [0.717, 1.165) is 12.2 Å². The monoisotopic (exact) mass is 219 g/mol. The molecule has 1 heterocycles. The van der Waals surface area contributed by atoms with Gasteiger partial charge < -0.3 is 10.5 Å². The zero-order valence-corrected chi connectivity index (χ0v) is 10.3. The van der Waals surface area contributed by atoms with E-state index in [9.17, 15) is 0 Å². The molecule has 2 rings (SSSR count). The molecule has 0 aliphatic carbocycles. The second-order valence-electron chi connectivity index (χ2n) is 4.96. The highest BCUT2D eigenvalue weighted by molar-refractivity contribution is 5.41. The first-order valence-electron chi connectivity index (χ1n) is 6.16. The number of hydrogen-bond acceptors (Lipinski definition) is 2. The van der Waals surface area contributed by atoms with Gasteiger partial charge in [0.1, 0.15) is 11.9 Å². The highest BCUT2D eigenvalue weighted by Gasteiger charge is 2.38. The minimum Gasteiger partial charge on any atom is -0.488 e. The van der Waals surface area contributed by atoms with Crippen LogP contribution in [0.15, 0.2) is 24.3 Å². The predicted octanol–water partition coefficient (Wildman–Crippen LogP) is 2.92. The standard InChI is InChI=1S/C14H21NO/c1-4-11(15)14-13(9(2)3)10-7-5-6-8-12(10)16-14/h5-9,11,13-14H,4,15H2,1-3H3. The van der Waals surface area contributed by atoms with Gasteiger partial charge in [-0.15, -0.1) is 0 Å². The van der Waals surface area contributed by atoms with Gasteiger partial charge in [0.15, 0.2) is 0 Å². The quantitative estimate of drug-likeness (QED) is 0.848. The fourth-order valence-corrected chi connectivity index (χ4v) is 2.58. The lowest BCUT2D eigenvalue weighted by Gasteiger charge is -2.26. The summed E-state index contributed by atoms with van der Waals surface area (Å²) in [5.41, 5.74) is 7.49. The molecule has 0 spiro atoms. The third-order valence-electron chi connectivity index (χ3n) is 3.51. The molecule has 3 atom stereocenters. The number of fused-ring (bicyclic) bond motifs is 1. The van der Waals surface area contributed by atoms with Crippen molar-refractivity contribution in [3.8, 4) is 5.75 Å². The van der Waals surface area contributed by atoms with Crippen LogP contribution in [0.5, 0.6) is 5.75 Å². The number of ether oxygens (including phenoxy) is 1. The second-order valence-corrected chi connectivity index (χ2v) is 4.96. The van der Waals surface area contributed by atoms with Crippen molar-refractivity contribution in [3.63, 3.8) is 0 Å². The minimum absolute atomic E-state index is 0.125. The van der Waals surface area contributed by atoms with Crippen molar-refractivity contribution in [3.05, 3.63) is 29.8 Å². The zero-order chi connectivity index (χ0) is 11.7. The molecule has 0 saturated carbocycles. The Hall–Kier alpha value is -1.02. The fourth-order valence-electron chi connectivity index (χ4n) is 2.58. The fraction of sp³-hybridized carbons (Fsp3) is 0.571. The molecule has 16 heavy (non-hydrogen) atoms. The summed E-state index contributed by atoms with van der Waals surface area (Å²) in [5, 5.41) is 0. The van der Waals surface area contributed by atoms with E-state index in [1.165, 1.54) is 5.56 Å². The first-order chi connectivity index (χ1) is 7.65. The van der Waals surface area contributed by atoms with Crippen LogP contribution < -0.4 is 10.5 Å². The lowest BCUT2D eigenvalue weighted by atomic mass is 9.82. The highest BCUT2D eigenvalue weighted by atomic mass is 16.5. The van der Waals surface area contributed by atoms with Gasteiger partial charge in [0, 0.05) is 17.5 Å². The summed E-state index contributed by atoms with van der Waals surface area (Å²) in [6, 6.07) is 8.45. The number of nitrogens with two attached hydrogens (primary N) is 1. The molecule has 1 aromatic rings. The van der Waals surface area contributed by atoms with Gasteiger partial charge in [-0.2, -0.15) is 0 Å². The zero-order valence-electron chi connectivity index (χ0n) is 10.3. The average molecular weight is 219 g/mol. The highest BCUT2D eigenvalue weighted by Crippen LogP contribution is 2.43. The van der Waals surface area contributed by atoms with Crippen LogP contribution in [0.2, 0.25) is 0 Å². The van der Waals surface area contributed by atoms with Crippen LogP contribution in [0.1, 0.15) is 38.7 Å². The Morgan fingerprint density at radius 2 is 2.00 bits per heavy atom. The normalized spacial score (nSPS) is 25.3. The van der Waals surface area contributed by atoms with Crippen LogP contribution in [0.3, 0.4) is 0 Å². The Bertz CT molecular complexity index is 362. The van der Waals surface area contributed by atoms with E-state index in [1.807, 2.05) is 12.1 Å². The predicted molar refractivity (Wildman–Crippen MR) is 66.7 cm³/mol. The summed E-state index contributed by atoms with van der Waals surface area (Å²) in [7, 11) is 0. The minimum atomic E-state index is 0.125. The Morgan fingerprint density at radius 3 is 2.62 bits per heavy atom. The van der Waals surface area contributed by atoms with Gasteiger partial charge >= 0.3 is 0 Å². The number of rotatable bonds is 3. The second kappa shape index (κ2) is 4.46. The maximum Gasteiger partial charge on any atom is 0.123 e. The molecule has 0 amide bonds. The SMILES string of the molecule is CCC(N)C1Oc2ccccc2C1C(C)C. The van der Waals surface area contributed by atoms with Crippen molar-refractivity contribution < 1.29 is 4.74 Å². The molecule has 1 aliphatic heterocycles. The van der Waals surface area contributed by atoms with Crippen molar-refractivity contribution in [1.29, 1.82) is 0 Å². The molecule has 3 unspecified atom stereocenters. The van der Waals surface area contributed by atoms with Gasteiger partial charge in [0.2, 0.25) is 0 Å². The molecule has 1 aliphatic rings. The third kappa shape index (κ3) is 1.82. The van der Waals surface area contributed by atoms with Gasteiger partial charge in [0.05, 0.1) is 0 Å².